The Morgan fingerprint density at radius 1 is 0.937 bits per heavy atom. The lowest BCUT2D eigenvalue weighted by Crippen LogP contribution is -2.59. The van der Waals surface area contributed by atoms with Crippen molar-refractivity contribution in [2.75, 3.05) is 72.2 Å². The van der Waals surface area contributed by atoms with Crippen LogP contribution in [0.2, 0.25) is 0 Å². The zero-order chi connectivity index (χ0) is 59.0. The van der Waals surface area contributed by atoms with Crippen LogP contribution in [-0.2, 0) is 38.0 Å². The molecule has 2 aromatic rings. The third-order valence-corrected chi connectivity index (χ3v) is 16.5. The smallest absolute Gasteiger partial charge is 0.311 e. The van der Waals surface area contributed by atoms with Crippen molar-refractivity contribution in [2.24, 2.45) is 17.8 Å². The van der Waals surface area contributed by atoms with E-state index in [1.165, 1.54) is 6.92 Å². The average Bonchev–Trinajstić information content (AvgIpc) is 3.43. The van der Waals surface area contributed by atoms with Crippen LogP contribution in [0.25, 0.3) is 11.1 Å². The number of aliphatic hydroxyl groups is 5. The van der Waals surface area contributed by atoms with E-state index in [4.69, 9.17) is 28.4 Å². The molecule has 6 rings (SSSR count). The van der Waals surface area contributed by atoms with E-state index >= 15 is 0 Å². The van der Waals surface area contributed by atoms with Crippen LogP contribution in [0.15, 0.2) is 42.6 Å². The number of anilines is 1. The summed E-state index contributed by atoms with van der Waals surface area (Å²) in [6.45, 7) is 22.0. The van der Waals surface area contributed by atoms with Crippen molar-refractivity contribution in [1.82, 2.24) is 20.1 Å². The van der Waals surface area contributed by atoms with Crippen molar-refractivity contribution in [1.29, 1.82) is 0 Å². The number of esters is 1. The van der Waals surface area contributed by atoms with Gasteiger partial charge in [0, 0.05) is 82.8 Å². The van der Waals surface area contributed by atoms with E-state index < -0.39 is 84.4 Å². The molecular formula is C60H98FN5O13. The number of halogens is 1. The van der Waals surface area contributed by atoms with Crippen LogP contribution in [0, 0.1) is 30.6 Å². The largest absolute Gasteiger partial charge is 0.459 e. The number of aliphatic hydroxyl groups excluding tert-OH is 3. The summed E-state index contributed by atoms with van der Waals surface area (Å²) in [5.74, 6) is -0.747. The molecule has 0 saturated carbocycles. The van der Waals surface area contributed by atoms with Gasteiger partial charge in [-0.05, 0) is 123 Å². The number of ether oxygens (including phenoxy) is 6. The Morgan fingerprint density at radius 2 is 1.58 bits per heavy atom. The van der Waals surface area contributed by atoms with Crippen LogP contribution in [-0.4, -0.2) is 197 Å². The molecule has 1 aromatic heterocycles. The molecule has 19 heteroatoms. The van der Waals surface area contributed by atoms with Crippen LogP contribution in [0.4, 0.5) is 10.2 Å². The van der Waals surface area contributed by atoms with E-state index in [0.717, 1.165) is 42.9 Å². The maximum Gasteiger partial charge on any atom is 0.311 e. The topological polar surface area (TPSA) is 225 Å². The van der Waals surface area contributed by atoms with E-state index in [-0.39, 0.29) is 42.4 Å². The highest BCUT2D eigenvalue weighted by molar-refractivity contribution is 5.76. The lowest BCUT2D eigenvalue weighted by Gasteiger charge is -2.43. The molecule has 4 fully saturated rings. The minimum Gasteiger partial charge on any atom is -0.459 e. The number of nitrogens with zero attached hydrogens (tertiary/aromatic N) is 4. The predicted octanol–water partition coefficient (Wildman–Crippen LogP) is 6.04. The number of alkyl halides is 1. The number of amides is 1. The van der Waals surface area contributed by atoms with Crippen molar-refractivity contribution in [3.8, 4) is 24.0 Å². The van der Waals surface area contributed by atoms with Gasteiger partial charge in [0.15, 0.2) is 12.6 Å². The number of cyclic esters (lactones) is 1. The number of aromatic nitrogens is 1. The summed E-state index contributed by atoms with van der Waals surface area (Å²) in [5, 5.41) is 57.3. The van der Waals surface area contributed by atoms with E-state index in [9.17, 15) is 39.5 Å². The van der Waals surface area contributed by atoms with Gasteiger partial charge in [-0.3, -0.25) is 9.59 Å². The molecule has 448 valence electrons. The number of nitrogens with one attached hydrogen (secondary N) is 1. The Balaban J connectivity index is 0.000000330. The number of carbonyl (C=O) groups is 2. The lowest BCUT2D eigenvalue weighted by molar-refractivity contribution is -0.265. The SMILES string of the molecule is C#C.CC[C@H]1OC(=O)[C@H](C)[C@@H](O[C@H]2C[C@@](C)(OC)C[C@H](C)O2)[C@H](C)C[C@](C)(O)C[C@@H](C)CN(C)[C@H](C)[C@@H](O)[C@]1(C)O.C[C@@H]1C[C@H](N(C)CCC(=O)N[C@H](CF)C(O)c2ccc(-c3ccc(N4CCOCC4)nc3)cc2)CC(O)O1. The number of morpholine rings is 1. The van der Waals surface area contributed by atoms with Crippen LogP contribution < -0.4 is 10.2 Å². The van der Waals surface area contributed by atoms with E-state index in [2.05, 4.69) is 35.0 Å². The number of likely N-dealkylation sites (N-methyl/N-ethyl adjacent to an activating group) is 1. The van der Waals surface area contributed by atoms with Gasteiger partial charge in [0.2, 0.25) is 5.91 Å². The lowest BCUT2D eigenvalue weighted by atomic mass is 9.80. The molecule has 18 nitrogen and oxygen atoms in total. The fraction of sp³-hybridized carbons (Fsp3) is 0.750. The van der Waals surface area contributed by atoms with Crippen molar-refractivity contribution in [2.45, 2.75) is 205 Å². The molecule has 0 bridgehead atoms. The normalized spacial score (nSPS) is 35.2. The summed E-state index contributed by atoms with van der Waals surface area (Å²) in [4.78, 5) is 36.9. The molecule has 5 heterocycles. The maximum atomic E-state index is 13.8. The van der Waals surface area contributed by atoms with Crippen LogP contribution in [0.1, 0.15) is 132 Å². The monoisotopic (exact) mass is 1120 g/mol. The number of rotatable bonds is 14. The van der Waals surface area contributed by atoms with Crippen molar-refractivity contribution >= 4 is 17.7 Å². The van der Waals surface area contributed by atoms with Crippen molar-refractivity contribution < 1.29 is 67.9 Å². The highest BCUT2D eigenvalue weighted by Crippen LogP contribution is 2.38. The zero-order valence-electron chi connectivity index (χ0n) is 49.6. The molecule has 17 atom stereocenters. The highest BCUT2D eigenvalue weighted by Gasteiger charge is 2.47. The number of hydrogen-bond acceptors (Lipinski definition) is 17. The second kappa shape index (κ2) is 31.0. The van der Waals surface area contributed by atoms with Gasteiger partial charge >= 0.3 is 5.97 Å². The number of benzene rings is 1. The molecule has 1 amide bonds. The van der Waals surface area contributed by atoms with E-state index in [1.807, 2.05) is 103 Å². The van der Waals surface area contributed by atoms with Gasteiger partial charge in [-0.25, -0.2) is 9.37 Å². The second-order valence-electron chi connectivity index (χ2n) is 23.7. The standard InChI is InChI=1S/C30H57NO8.C28H39FN4O5.C2H2/c1-12-23-30(9,35)26(32)22(6)31(10)17-18(2)13-28(7,34)14-19(3)25(21(5)27(33)38-23)39-24-16-29(8,36-11)15-20(4)37-24;1-19-15-23(16-27(35)38-19)32(2)10-9-26(34)31-24(17-29)28(36)21-5-3-20(4-6-21)22-7-8-25(30-18-22)33-11-13-37-14-12-33;1-2/h18-26,32,34-35H,12-17H2,1-11H3;3-8,18-19,23-24,27-28,35-36H,9-17H2,1-2H3,(H,31,34);1-2H/t18-,19-,20+,21-,22-,23-,24+,25+,26-,28-,29+,30-;19-,23+,24-,27?,28?;/m11./s1. The minimum atomic E-state index is -1.67. The fourth-order valence-corrected chi connectivity index (χ4v) is 11.9. The van der Waals surface area contributed by atoms with Gasteiger partial charge in [0.25, 0.3) is 0 Å². The average molecular weight is 1120 g/mol. The molecule has 4 aliphatic heterocycles. The first-order chi connectivity index (χ1) is 37.2. The third-order valence-electron chi connectivity index (χ3n) is 16.5. The number of pyridine rings is 1. The molecular weight excluding hydrogens is 1020 g/mol. The molecule has 79 heavy (non-hydrogen) atoms. The number of terminal acetylenes is 1. The summed E-state index contributed by atoms with van der Waals surface area (Å²) < 4.78 is 48.9. The van der Waals surface area contributed by atoms with Gasteiger partial charge in [0.05, 0.1) is 54.7 Å². The van der Waals surface area contributed by atoms with Gasteiger partial charge in [-0.15, -0.1) is 12.8 Å². The Kier molecular flexibility index (Phi) is 26.5. The number of carbonyl (C=O) groups excluding carboxylic acids is 2. The first-order valence-corrected chi connectivity index (χ1v) is 28.4. The van der Waals surface area contributed by atoms with E-state index in [0.29, 0.717) is 64.0 Å². The Labute approximate surface area is 471 Å². The van der Waals surface area contributed by atoms with Crippen LogP contribution in [0.3, 0.4) is 0 Å². The molecule has 6 N–H and O–H groups in total. The van der Waals surface area contributed by atoms with Gasteiger partial charge in [0.1, 0.15) is 36.4 Å². The molecule has 0 radical (unpaired) electrons. The number of methoxy groups -OCH3 is 1. The highest BCUT2D eigenvalue weighted by atomic mass is 19.1. The number of hydrogen-bond donors (Lipinski definition) is 6. The van der Waals surface area contributed by atoms with Crippen molar-refractivity contribution in [3.63, 3.8) is 0 Å². The molecule has 1 aromatic carbocycles. The quantitative estimate of drug-likeness (QED) is 0.0937. The summed E-state index contributed by atoms with van der Waals surface area (Å²) in [6, 6.07) is 9.86. The molecule has 2 unspecified atom stereocenters. The second-order valence-corrected chi connectivity index (χ2v) is 23.7. The fourth-order valence-electron chi connectivity index (χ4n) is 11.9. The van der Waals surface area contributed by atoms with Gasteiger partial charge in [-0.1, -0.05) is 45.0 Å². The molecule has 4 aliphatic rings. The maximum absolute atomic E-state index is 13.8. The summed E-state index contributed by atoms with van der Waals surface area (Å²) in [6.07, 6.45) is 8.36. The predicted molar refractivity (Wildman–Crippen MR) is 302 cm³/mol. The molecule has 0 spiro atoms. The van der Waals surface area contributed by atoms with Crippen LogP contribution >= 0.6 is 0 Å². The Morgan fingerprint density at radius 3 is 2.16 bits per heavy atom. The van der Waals surface area contributed by atoms with Gasteiger partial charge < -0.3 is 74.0 Å². The van der Waals surface area contributed by atoms with Crippen LogP contribution in [0.5, 0.6) is 0 Å². The summed E-state index contributed by atoms with van der Waals surface area (Å²) >= 11 is 0. The Bertz CT molecular complexity index is 2140. The van der Waals surface area contributed by atoms with Crippen molar-refractivity contribution in [3.05, 3.63) is 48.2 Å². The molecule has 0 aliphatic carbocycles. The van der Waals surface area contributed by atoms with Gasteiger partial charge in [-0.2, -0.15) is 0 Å². The summed E-state index contributed by atoms with van der Waals surface area (Å²) in [5.41, 5.74) is -0.700. The Hall–Kier alpha value is -3.88. The first-order valence-electron chi connectivity index (χ1n) is 28.4. The first kappa shape index (κ1) is 67.6. The third kappa shape index (κ3) is 19.6. The minimum absolute atomic E-state index is 0.0526. The van der Waals surface area contributed by atoms with E-state index in [1.54, 1.807) is 26.2 Å². The summed E-state index contributed by atoms with van der Waals surface area (Å²) in [7, 11) is 5.48. The zero-order valence-corrected chi connectivity index (χ0v) is 49.6. The molecule has 4 saturated heterocycles.